The molecule has 6 heteroatoms. The number of anilines is 1. The molecule has 1 saturated heterocycles. The summed E-state index contributed by atoms with van der Waals surface area (Å²) < 4.78 is 0. The van der Waals surface area contributed by atoms with E-state index in [1.165, 1.54) is 5.56 Å². The van der Waals surface area contributed by atoms with E-state index in [9.17, 15) is 4.79 Å². The molecule has 0 aliphatic carbocycles. The molecule has 5 nitrogen and oxygen atoms in total. The van der Waals surface area contributed by atoms with Gasteiger partial charge in [-0.05, 0) is 29.1 Å². The highest BCUT2D eigenvalue weighted by Gasteiger charge is 2.25. The maximum Gasteiger partial charge on any atom is 0.255 e. The summed E-state index contributed by atoms with van der Waals surface area (Å²) in [5, 5.41) is 8.59. The predicted octanol–water partition coefficient (Wildman–Crippen LogP) is 3.22. The van der Waals surface area contributed by atoms with E-state index in [0.717, 1.165) is 30.3 Å². The SMILES string of the molecule is O=C(NCc1cccs1)c1cccnc1N1CCN[C@@H](c2ccccc2)C1. The zero-order valence-corrected chi connectivity index (χ0v) is 15.8. The van der Waals surface area contributed by atoms with Crippen molar-refractivity contribution in [2.45, 2.75) is 12.6 Å². The van der Waals surface area contributed by atoms with Gasteiger partial charge in [-0.1, -0.05) is 36.4 Å². The van der Waals surface area contributed by atoms with Crippen LogP contribution in [0.3, 0.4) is 0 Å². The highest BCUT2D eigenvalue weighted by atomic mass is 32.1. The van der Waals surface area contributed by atoms with Crippen LogP contribution in [-0.4, -0.2) is 30.5 Å². The third-order valence-electron chi connectivity index (χ3n) is 4.71. The summed E-state index contributed by atoms with van der Waals surface area (Å²) in [6.07, 6.45) is 1.75. The molecule has 1 fully saturated rings. The Bertz CT molecular complexity index is 882. The number of hydrogen-bond acceptors (Lipinski definition) is 5. The first-order valence-electron chi connectivity index (χ1n) is 9.10. The lowest BCUT2D eigenvalue weighted by Gasteiger charge is -2.35. The molecule has 3 heterocycles. The second kappa shape index (κ2) is 8.33. The highest BCUT2D eigenvalue weighted by Crippen LogP contribution is 2.24. The smallest absolute Gasteiger partial charge is 0.255 e. The Balaban J connectivity index is 1.50. The molecule has 1 aromatic carbocycles. The fraction of sp³-hybridized carbons (Fsp3) is 0.238. The molecule has 27 heavy (non-hydrogen) atoms. The zero-order chi connectivity index (χ0) is 18.5. The average molecular weight is 379 g/mol. The number of carbonyl (C=O) groups is 1. The van der Waals surface area contributed by atoms with Crippen molar-refractivity contribution in [2.24, 2.45) is 0 Å². The Hall–Kier alpha value is -2.70. The largest absolute Gasteiger partial charge is 0.353 e. The average Bonchev–Trinajstić information content (AvgIpc) is 3.26. The van der Waals surface area contributed by atoms with Crippen LogP contribution in [0.1, 0.15) is 26.8 Å². The van der Waals surface area contributed by atoms with Crippen LogP contribution in [0, 0.1) is 0 Å². The van der Waals surface area contributed by atoms with Gasteiger partial charge in [0.05, 0.1) is 12.1 Å². The predicted molar refractivity (Wildman–Crippen MR) is 109 cm³/mol. The molecular formula is C21H22N4OS. The lowest BCUT2D eigenvalue weighted by molar-refractivity contribution is 0.0951. The number of rotatable bonds is 5. The van der Waals surface area contributed by atoms with Gasteiger partial charge in [-0.15, -0.1) is 11.3 Å². The van der Waals surface area contributed by atoms with Gasteiger partial charge in [0.1, 0.15) is 5.82 Å². The Morgan fingerprint density at radius 3 is 2.89 bits per heavy atom. The minimum Gasteiger partial charge on any atom is -0.353 e. The summed E-state index contributed by atoms with van der Waals surface area (Å²) in [5.41, 5.74) is 1.88. The molecule has 2 aromatic heterocycles. The Labute approximate surface area is 163 Å². The number of piperazine rings is 1. The van der Waals surface area contributed by atoms with Crippen molar-refractivity contribution in [1.29, 1.82) is 0 Å². The Morgan fingerprint density at radius 2 is 2.07 bits per heavy atom. The van der Waals surface area contributed by atoms with Crippen LogP contribution in [-0.2, 0) is 6.54 Å². The van der Waals surface area contributed by atoms with Crippen molar-refractivity contribution in [3.8, 4) is 0 Å². The summed E-state index contributed by atoms with van der Waals surface area (Å²) in [6.45, 7) is 3.00. The van der Waals surface area contributed by atoms with E-state index >= 15 is 0 Å². The van der Waals surface area contributed by atoms with Crippen molar-refractivity contribution in [1.82, 2.24) is 15.6 Å². The summed E-state index contributed by atoms with van der Waals surface area (Å²) in [5.74, 6) is 0.671. The molecule has 2 N–H and O–H groups in total. The van der Waals surface area contributed by atoms with Gasteiger partial charge in [0.2, 0.25) is 0 Å². The molecular weight excluding hydrogens is 356 g/mol. The number of hydrogen-bond donors (Lipinski definition) is 2. The molecule has 0 spiro atoms. The molecule has 3 aromatic rings. The van der Waals surface area contributed by atoms with E-state index in [4.69, 9.17) is 0 Å². The molecule has 0 unspecified atom stereocenters. The van der Waals surface area contributed by atoms with Gasteiger partial charge in [-0.2, -0.15) is 0 Å². The van der Waals surface area contributed by atoms with Crippen molar-refractivity contribution >= 4 is 23.1 Å². The summed E-state index contributed by atoms with van der Waals surface area (Å²) in [7, 11) is 0. The van der Waals surface area contributed by atoms with Gasteiger partial charge < -0.3 is 15.5 Å². The maximum absolute atomic E-state index is 12.8. The normalized spacial score (nSPS) is 16.9. The number of aromatic nitrogens is 1. The standard InChI is InChI=1S/C21H22N4OS/c26-21(24-14-17-8-5-13-27-17)18-9-4-10-23-20(18)25-12-11-22-19(15-25)16-6-2-1-3-7-16/h1-10,13,19,22H,11-12,14-15H2,(H,24,26)/t19-/m1/s1. The summed E-state index contributed by atoms with van der Waals surface area (Å²) >= 11 is 1.64. The van der Waals surface area contributed by atoms with E-state index in [0.29, 0.717) is 12.1 Å². The van der Waals surface area contributed by atoms with Gasteiger partial charge in [-0.25, -0.2) is 4.98 Å². The van der Waals surface area contributed by atoms with E-state index < -0.39 is 0 Å². The first kappa shape index (κ1) is 17.7. The van der Waals surface area contributed by atoms with Crippen LogP contribution < -0.4 is 15.5 Å². The van der Waals surface area contributed by atoms with Crippen molar-refractivity contribution in [3.63, 3.8) is 0 Å². The van der Waals surface area contributed by atoms with Gasteiger partial charge in [-0.3, -0.25) is 4.79 Å². The third kappa shape index (κ3) is 4.18. The second-order valence-corrected chi connectivity index (χ2v) is 7.53. The van der Waals surface area contributed by atoms with Crippen LogP contribution >= 0.6 is 11.3 Å². The van der Waals surface area contributed by atoms with E-state index in [1.54, 1.807) is 17.5 Å². The van der Waals surface area contributed by atoms with Gasteiger partial charge >= 0.3 is 0 Å². The summed E-state index contributed by atoms with van der Waals surface area (Å²) in [4.78, 5) is 20.6. The van der Waals surface area contributed by atoms with E-state index in [2.05, 4.69) is 44.8 Å². The van der Waals surface area contributed by atoms with Crippen LogP contribution in [0.4, 0.5) is 5.82 Å². The molecule has 1 amide bonds. The minimum absolute atomic E-state index is 0.0821. The Morgan fingerprint density at radius 1 is 1.19 bits per heavy atom. The number of benzene rings is 1. The number of carbonyl (C=O) groups excluding carboxylic acids is 1. The maximum atomic E-state index is 12.8. The first-order valence-corrected chi connectivity index (χ1v) is 9.98. The van der Waals surface area contributed by atoms with Crippen molar-refractivity contribution < 1.29 is 4.79 Å². The van der Waals surface area contributed by atoms with Crippen LogP contribution in [0.25, 0.3) is 0 Å². The number of nitrogens with one attached hydrogen (secondary N) is 2. The van der Waals surface area contributed by atoms with E-state index in [1.807, 2.05) is 35.7 Å². The fourth-order valence-electron chi connectivity index (χ4n) is 3.35. The summed E-state index contributed by atoms with van der Waals surface area (Å²) in [6, 6.07) is 18.3. The number of pyridine rings is 1. The first-order chi connectivity index (χ1) is 13.3. The van der Waals surface area contributed by atoms with Crippen molar-refractivity contribution in [3.05, 3.63) is 82.2 Å². The van der Waals surface area contributed by atoms with Gasteiger partial charge in [0, 0.05) is 36.8 Å². The highest BCUT2D eigenvalue weighted by molar-refractivity contribution is 7.09. The monoisotopic (exact) mass is 378 g/mol. The molecule has 0 radical (unpaired) electrons. The lowest BCUT2D eigenvalue weighted by Crippen LogP contribution is -2.46. The molecule has 4 rings (SSSR count). The van der Waals surface area contributed by atoms with Gasteiger partial charge in [0.15, 0.2) is 0 Å². The van der Waals surface area contributed by atoms with Crippen LogP contribution in [0.5, 0.6) is 0 Å². The topological polar surface area (TPSA) is 57.3 Å². The number of thiophene rings is 1. The molecule has 0 saturated carbocycles. The van der Waals surface area contributed by atoms with Crippen LogP contribution in [0.15, 0.2) is 66.2 Å². The molecule has 0 bridgehead atoms. The number of amides is 1. The second-order valence-electron chi connectivity index (χ2n) is 6.50. The quantitative estimate of drug-likeness (QED) is 0.716. The number of nitrogens with zero attached hydrogens (tertiary/aromatic N) is 2. The van der Waals surface area contributed by atoms with Crippen molar-refractivity contribution in [2.75, 3.05) is 24.5 Å². The molecule has 1 atom stereocenters. The van der Waals surface area contributed by atoms with E-state index in [-0.39, 0.29) is 11.9 Å². The molecule has 1 aliphatic heterocycles. The molecule has 138 valence electrons. The Kier molecular flexibility index (Phi) is 5.46. The molecule has 1 aliphatic rings. The third-order valence-corrected chi connectivity index (χ3v) is 5.59. The zero-order valence-electron chi connectivity index (χ0n) is 15.0. The van der Waals surface area contributed by atoms with Crippen LogP contribution in [0.2, 0.25) is 0 Å². The minimum atomic E-state index is -0.0821. The fourth-order valence-corrected chi connectivity index (χ4v) is 4.00. The van der Waals surface area contributed by atoms with Gasteiger partial charge in [0.25, 0.3) is 5.91 Å². The lowest BCUT2D eigenvalue weighted by atomic mass is 10.0.